The van der Waals surface area contributed by atoms with E-state index < -0.39 is 5.60 Å². The van der Waals surface area contributed by atoms with Crippen molar-refractivity contribution in [1.82, 2.24) is 0 Å². The zero-order valence-corrected chi connectivity index (χ0v) is 16.2. The minimum absolute atomic E-state index is 0.000692. The number of ether oxygens (including phenoxy) is 2. The van der Waals surface area contributed by atoms with E-state index in [1.54, 1.807) is 38.1 Å². The Hall–Kier alpha value is -1.84. The predicted molar refractivity (Wildman–Crippen MR) is 97.8 cm³/mol. The van der Waals surface area contributed by atoms with E-state index in [1.165, 1.54) is 6.92 Å². The van der Waals surface area contributed by atoms with Crippen LogP contribution in [0.2, 0.25) is 0 Å². The average Bonchev–Trinajstić information content (AvgIpc) is 2.45. The number of esters is 1. The average molecular weight is 346 g/mol. The molecule has 0 bridgehead atoms. The highest BCUT2D eigenvalue weighted by Crippen LogP contribution is 2.40. The van der Waals surface area contributed by atoms with Crippen LogP contribution in [0.25, 0.3) is 0 Å². The van der Waals surface area contributed by atoms with Crippen molar-refractivity contribution < 1.29 is 19.1 Å². The van der Waals surface area contributed by atoms with Crippen LogP contribution in [0.3, 0.4) is 0 Å². The number of carbonyl (C=O) groups is 2. The molecule has 2 atom stereocenters. The van der Waals surface area contributed by atoms with Crippen LogP contribution in [0, 0.1) is 11.3 Å². The van der Waals surface area contributed by atoms with Gasteiger partial charge in [0.05, 0.1) is 0 Å². The van der Waals surface area contributed by atoms with Crippen molar-refractivity contribution >= 4 is 11.8 Å². The number of Topliss-reactive ketones (excluding diaryl/α,β-unsaturated/α-hetero) is 1. The van der Waals surface area contributed by atoms with E-state index in [2.05, 4.69) is 20.8 Å². The number of hydrogen-bond donors (Lipinski definition) is 0. The Labute approximate surface area is 150 Å². The SMILES string of the molecule is CC(=O)c1ccc(OC(C)(C)C(=O)OC2CC(C)CC(C)(C)C2)cc1. The minimum Gasteiger partial charge on any atom is -0.476 e. The van der Waals surface area contributed by atoms with Gasteiger partial charge in [0.25, 0.3) is 0 Å². The van der Waals surface area contributed by atoms with Crippen LogP contribution in [-0.4, -0.2) is 23.5 Å². The van der Waals surface area contributed by atoms with E-state index >= 15 is 0 Å². The summed E-state index contributed by atoms with van der Waals surface area (Å²) < 4.78 is 11.6. The Kier molecular flexibility index (Phi) is 5.60. The second-order valence-corrected chi connectivity index (χ2v) is 8.63. The van der Waals surface area contributed by atoms with Crippen LogP contribution in [0.4, 0.5) is 0 Å². The number of carbonyl (C=O) groups excluding carboxylic acids is 2. The summed E-state index contributed by atoms with van der Waals surface area (Å²) >= 11 is 0. The largest absolute Gasteiger partial charge is 0.476 e. The quantitative estimate of drug-likeness (QED) is 0.567. The van der Waals surface area contributed by atoms with Crippen LogP contribution >= 0.6 is 0 Å². The first-order chi connectivity index (χ1) is 11.5. The molecule has 0 aromatic heterocycles. The summed E-state index contributed by atoms with van der Waals surface area (Å²) in [6.45, 7) is 11.6. The van der Waals surface area contributed by atoms with E-state index in [0.717, 1.165) is 19.3 Å². The smallest absolute Gasteiger partial charge is 0.350 e. The van der Waals surface area contributed by atoms with E-state index in [9.17, 15) is 9.59 Å². The number of benzene rings is 1. The lowest BCUT2D eigenvalue weighted by Gasteiger charge is -2.39. The maximum absolute atomic E-state index is 12.6. The van der Waals surface area contributed by atoms with Gasteiger partial charge in [0.2, 0.25) is 0 Å². The first kappa shape index (κ1) is 19.5. The fourth-order valence-electron chi connectivity index (χ4n) is 3.74. The molecule has 1 aromatic rings. The van der Waals surface area contributed by atoms with Crippen LogP contribution in [0.15, 0.2) is 24.3 Å². The summed E-state index contributed by atoms with van der Waals surface area (Å²) in [4.78, 5) is 24.0. The molecule has 2 rings (SSSR count). The van der Waals surface area contributed by atoms with Gasteiger partial charge in [-0.15, -0.1) is 0 Å². The van der Waals surface area contributed by atoms with Gasteiger partial charge in [-0.05, 0) is 75.6 Å². The van der Waals surface area contributed by atoms with Gasteiger partial charge in [0.1, 0.15) is 11.9 Å². The van der Waals surface area contributed by atoms with E-state index in [-0.39, 0.29) is 23.3 Å². The second kappa shape index (κ2) is 7.19. The summed E-state index contributed by atoms with van der Waals surface area (Å²) in [6.07, 6.45) is 2.88. The predicted octanol–water partition coefficient (Wildman–Crippen LogP) is 4.80. The highest BCUT2D eigenvalue weighted by molar-refractivity contribution is 5.94. The highest BCUT2D eigenvalue weighted by atomic mass is 16.6. The van der Waals surface area contributed by atoms with Gasteiger partial charge in [-0.2, -0.15) is 0 Å². The molecule has 1 fully saturated rings. The summed E-state index contributed by atoms with van der Waals surface area (Å²) in [7, 11) is 0. The molecule has 1 aromatic carbocycles. The van der Waals surface area contributed by atoms with E-state index in [4.69, 9.17) is 9.47 Å². The molecule has 0 heterocycles. The molecule has 0 spiro atoms. The van der Waals surface area contributed by atoms with Crippen molar-refractivity contribution in [2.24, 2.45) is 11.3 Å². The summed E-state index contributed by atoms with van der Waals surface area (Å²) in [5.74, 6) is 0.742. The van der Waals surface area contributed by atoms with Crippen molar-refractivity contribution in [3.05, 3.63) is 29.8 Å². The molecule has 4 heteroatoms. The van der Waals surface area contributed by atoms with Gasteiger partial charge < -0.3 is 9.47 Å². The zero-order chi connectivity index (χ0) is 18.8. The molecule has 2 unspecified atom stereocenters. The molecule has 0 aliphatic heterocycles. The fraction of sp³-hybridized carbons (Fsp3) is 0.619. The monoisotopic (exact) mass is 346 g/mol. The second-order valence-electron chi connectivity index (χ2n) is 8.63. The topological polar surface area (TPSA) is 52.6 Å². The van der Waals surface area contributed by atoms with Gasteiger partial charge in [0, 0.05) is 5.56 Å². The van der Waals surface area contributed by atoms with Gasteiger partial charge >= 0.3 is 5.97 Å². The van der Waals surface area contributed by atoms with Crippen LogP contribution in [0.5, 0.6) is 5.75 Å². The van der Waals surface area contributed by atoms with Crippen molar-refractivity contribution in [2.45, 2.75) is 72.5 Å². The lowest BCUT2D eigenvalue weighted by molar-refractivity contribution is -0.169. The molecule has 138 valence electrons. The van der Waals surface area contributed by atoms with Crippen molar-refractivity contribution in [3.63, 3.8) is 0 Å². The normalized spacial score (nSPS) is 23.0. The molecule has 4 nitrogen and oxygen atoms in total. The molecule has 25 heavy (non-hydrogen) atoms. The molecule has 1 saturated carbocycles. The molecular weight excluding hydrogens is 316 g/mol. The fourth-order valence-corrected chi connectivity index (χ4v) is 3.74. The Morgan fingerprint density at radius 1 is 1.12 bits per heavy atom. The van der Waals surface area contributed by atoms with Gasteiger partial charge in [-0.25, -0.2) is 4.79 Å². The maximum atomic E-state index is 12.6. The summed E-state index contributed by atoms with van der Waals surface area (Å²) in [5, 5.41) is 0. The van der Waals surface area contributed by atoms with E-state index in [0.29, 0.717) is 17.2 Å². The third-order valence-corrected chi connectivity index (χ3v) is 4.75. The highest BCUT2D eigenvalue weighted by Gasteiger charge is 2.38. The van der Waals surface area contributed by atoms with Gasteiger partial charge in [0.15, 0.2) is 11.4 Å². The molecular formula is C21H30O4. The first-order valence-corrected chi connectivity index (χ1v) is 9.00. The van der Waals surface area contributed by atoms with Crippen molar-refractivity contribution in [1.29, 1.82) is 0 Å². The molecule has 0 saturated heterocycles. The molecule has 1 aliphatic carbocycles. The summed E-state index contributed by atoms with van der Waals surface area (Å²) in [5.41, 5.74) is -0.273. The Morgan fingerprint density at radius 3 is 2.24 bits per heavy atom. The third-order valence-electron chi connectivity index (χ3n) is 4.75. The zero-order valence-electron chi connectivity index (χ0n) is 16.2. The number of ketones is 1. The minimum atomic E-state index is -1.08. The number of hydrogen-bond acceptors (Lipinski definition) is 4. The first-order valence-electron chi connectivity index (χ1n) is 9.00. The van der Waals surface area contributed by atoms with Crippen molar-refractivity contribution in [2.75, 3.05) is 0 Å². The lowest BCUT2D eigenvalue weighted by atomic mass is 9.71. The third kappa shape index (κ3) is 5.32. The van der Waals surface area contributed by atoms with Crippen molar-refractivity contribution in [3.8, 4) is 5.75 Å². The molecule has 1 aliphatic rings. The molecule has 0 amide bonds. The van der Waals surface area contributed by atoms with Crippen LogP contribution in [-0.2, 0) is 9.53 Å². The Balaban J connectivity index is 2.00. The molecule has 0 radical (unpaired) electrons. The Morgan fingerprint density at radius 2 is 1.72 bits per heavy atom. The molecule has 0 N–H and O–H groups in total. The van der Waals surface area contributed by atoms with Gasteiger partial charge in [-0.3, -0.25) is 4.79 Å². The Bertz CT molecular complexity index is 628. The van der Waals surface area contributed by atoms with E-state index in [1.807, 2.05) is 0 Å². The van der Waals surface area contributed by atoms with Crippen LogP contribution in [0.1, 0.15) is 71.2 Å². The summed E-state index contributed by atoms with van der Waals surface area (Å²) in [6, 6.07) is 6.81. The standard InChI is InChI=1S/C21H30O4/c1-14-11-18(13-20(3,4)12-14)24-19(23)21(5,6)25-17-9-7-16(8-10-17)15(2)22/h7-10,14,18H,11-13H2,1-6H3. The maximum Gasteiger partial charge on any atom is 0.350 e. The van der Waals surface area contributed by atoms with Crippen LogP contribution < -0.4 is 4.74 Å². The lowest BCUT2D eigenvalue weighted by Crippen LogP contribution is -2.43. The van der Waals surface area contributed by atoms with Gasteiger partial charge in [-0.1, -0.05) is 20.8 Å². The number of rotatable bonds is 5.